The van der Waals surface area contributed by atoms with E-state index in [1.807, 2.05) is 55.5 Å². The van der Waals surface area contributed by atoms with Crippen LogP contribution < -0.4 is 4.74 Å². The molecule has 2 aromatic carbocycles. The number of nitrogens with one attached hydrogen (secondary N) is 1. The number of hydrogen-bond donors (Lipinski definition) is 1. The number of amides is 1. The summed E-state index contributed by atoms with van der Waals surface area (Å²) in [5.41, 5.74) is 4.66. The molecule has 1 unspecified atom stereocenters. The van der Waals surface area contributed by atoms with Gasteiger partial charge in [-0.15, -0.1) is 0 Å². The zero-order valence-corrected chi connectivity index (χ0v) is 18.0. The lowest BCUT2D eigenvalue weighted by Gasteiger charge is -2.23. The topological polar surface area (TPSA) is 84.0 Å². The van der Waals surface area contributed by atoms with E-state index in [1.165, 1.54) is 0 Å². The SMILES string of the molecule is C=C1CC(c2nc3ccc(OC)cc3[nH]2)N(C(=O)c2cnc(C)nc2-c2ccccc2)C1. The summed E-state index contributed by atoms with van der Waals surface area (Å²) in [6.45, 7) is 6.43. The van der Waals surface area contributed by atoms with Crippen molar-refractivity contribution in [3.8, 4) is 17.0 Å². The summed E-state index contributed by atoms with van der Waals surface area (Å²) in [6.07, 6.45) is 2.27. The average molecular weight is 425 g/mol. The number of rotatable bonds is 4. The lowest BCUT2D eigenvalue weighted by atomic mass is 10.1. The number of methoxy groups -OCH3 is 1. The summed E-state index contributed by atoms with van der Waals surface area (Å²) >= 11 is 0. The number of benzene rings is 2. The van der Waals surface area contributed by atoms with Gasteiger partial charge in [0, 0.05) is 24.4 Å². The van der Waals surface area contributed by atoms with Gasteiger partial charge in [-0.05, 0) is 25.5 Å². The van der Waals surface area contributed by atoms with Crippen LogP contribution >= 0.6 is 0 Å². The molecule has 0 bridgehead atoms. The third-order valence-electron chi connectivity index (χ3n) is 5.72. The number of hydrogen-bond acceptors (Lipinski definition) is 5. The zero-order chi connectivity index (χ0) is 22.2. The standard InChI is InChI=1S/C25H23N5O2/c1-15-11-22(24-28-20-10-9-18(32-3)12-21(20)29-24)30(14-15)25(31)19-13-26-16(2)27-23(19)17-7-5-4-6-8-17/h4-10,12-13,22H,1,11,14H2,2-3H3,(H,28,29). The highest BCUT2D eigenvalue weighted by molar-refractivity contribution is 6.00. The number of H-pyrrole nitrogens is 1. The number of nitrogens with zero attached hydrogens (tertiary/aromatic N) is 4. The summed E-state index contributed by atoms with van der Waals surface area (Å²) in [7, 11) is 1.63. The van der Waals surface area contributed by atoms with Gasteiger partial charge in [-0.2, -0.15) is 0 Å². The quantitative estimate of drug-likeness (QED) is 0.488. The summed E-state index contributed by atoms with van der Waals surface area (Å²) in [5.74, 6) is 1.97. The molecule has 160 valence electrons. The van der Waals surface area contributed by atoms with Crippen molar-refractivity contribution >= 4 is 16.9 Å². The van der Waals surface area contributed by atoms with Gasteiger partial charge in [0.25, 0.3) is 5.91 Å². The Bertz CT molecular complexity index is 1330. The van der Waals surface area contributed by atoms with Gasteiger partial charge in [0.05, 0.1) is 35.4 Å². The number of carbonyl (C=O) groups excluding carboxylic acids is 1. The van der Waals surface area contributed by atoms with E-state index in [0.717, 1.165) is 33.7 Å². The van der Waals surface area contributed by atoms with Crippen LogP contribution in [-0.2, 0) is 0 Å². The minimum Gasteiger partial charge on any atom is -0.497 e. The molecule has 2 aromatic heterocycles. The third-order valence-corrected chi connectivity index (χ3v) is 5.72. The van der Waals surface area contributed by atoms with Gasteiger partial charge in [-0.1, -0.05) is 42.5 Å². The first-order chi connectivity index (χ1) is 15.5. The predicted molar refractivity (Wildman–Crippen MR) is 122 cm³/mol. The Labute approximate surface area is 185 Å². The van der Waals surface area contributed by atoms with Gasteiger partial charge in [-0.3, -0.25) is 4.79 Å². The molecule has 1 aliphatic rings. The summed E-state index contributed by atoms with van der Waals surface area (Å²) in [5, 5.41) is 0. The molecule has 5 rings (SSSR count). The number of aromatic amines is 1. The van der Waals surface area contributed by atoms with Crippen LogP contribution in [0.1, 0.15) is 34.5 Å². The van der Waals surface area contributed by atoms with E-state index < -0.39 is 0 Å². The van der Waals surface area contributed by atoms with Crippen LogP contribution in [0.15, 0.2) is 66.9 Å². The van der Waals surface area contributed by atoms with Crippen LogP contribution in [-0.4, -0.2) is 44.4 Å². The van der Waals surface area contributed by atoms with Gasteiger partial charge >= 0.3 is 0 Å². The molecule has 0 radical (unpaired) electrons. The Kier molecular flexibility index (Phi) is 4.93. The molecule has 1 aliphatic heterocycles. The fraction of sp³-hybridized carbons (Fsp3) is 0.200. The van der Waals surface area contributed by atoms with Crippen molar-refractivity contribution in [1.82, 2.24) is 24.8 Å². The van der Waals surface area contributed by atoms with Crippen molar-refractivity contribution in [2.75, 3.05) is 13.7 Å². The van der Waals surface area contributed by atoms with Crippen molar-refractivity contribution in [2.45, 2.75) is 19.4 Å². The highest BCUT2D eigenvalue weighted by Crippen LogP contribution is 2.36. The first kappa shape index (κ1) is 19.9. The Morgan fingerprint density at radius 3 is 2.78 bits per heavy atom. The Hall–Kier alpha value is -4.00. The average Bonchev–Trinajstić information content (AvgIpc) is 3.41. The van der Waals surface area contributed by atoms with Crippen LogP contribution in [0.4, 0.5) is 0 Å². The molecular formula is C25H23N5O2. The van der Waals surface area contributed by atoms with E-state index >= 15 is 0 Å². The van der Waals surface area contributed by atoms with Crippen molar-refractivity contribution < 1.29 is 9.53 Å². The number of aromatic nitrogens is 4. The number of ether oxygens (including phenoxy) is 1. The lowest BCUT2D eigenvalue weighted by molar-refractivity contribution is 0.0733. The normalized spacial score (nSPS) is 16.0. The van der Waals surface area contributed by atoms with Crippen molar-refractivity contribution in [2.24, 2.45) is 0 Å². The van der Waals surface area contributed by atoms with Gasteiger partial charge < -0.3 is 14.6 Å². The number of fused-ring (bicyclic) bond motifs is 1. The van der Waals surface area contributed by atoms with Gasteiger partial charge in [-0.25, -0.2) is 15.0 Å². The van der Waals surface area contributed by atoms with E-state index in [4.69, 9.17) is 9.72 Å². The smallest absolute Gasteiger partial charge is 0.258 e. The molecule has 0 saturated carbocycles. The Morgan fingerprint density at radius 1 is 1.19 bits per heavy atom. The second-order valence-corrected chi connectivity index (χ2v) is 7.95. The van der Waals surface area contributed by atoms with Crippen molar-refractivity contribution in [1.29, 1.82) is 0 Å². The minimum absolute atomic E-state index is 0.134. The fourth-order valence-corrected chi connectivity index (χ4v) is 4.15. The maximum absolute atomic E-state index is 13.7. The van der Waals surface area contributed by atoms with E-state index in [2.05, 4.69) is 21.5 Å². The summed E-state index contributed by atoms with van der Waals surface area (Å²) in [4.78, 5) is 32.6. The molecule has 3 heterocycles. The molecule has 0 aliphatic carbocycles. The number of imidazole rings is 1. The Morgan fingerprint density at radius 2 is 2.00 bits per heavy atom. The van der Waals surface area contributed by atoms with Gasteiger partial charge in [0.2, 0.25) is 0 Å². The van der Waals surface area contributed by atoms with Gasteiger partial charge in [0.15, 0.2) is 0 Å². The van der Waals surface area contributed by atoms with E-state index in [9.17, 15) is 4.79 Å². The van der Waals surface area contributed by atoms with Crippen LogP contribution in [0.5, 0.6) is 5.75 Å². The minimum atomic E-state index is -0.238. The number of carbonyl (C=O) groups is 1. The van der Waals surface area contributed by atoms with E-state index in [-0.39, 0.29) is 11.9 Å². The molecule has 1 saturated heterocycles. The van der Waals surface area contributed by atoms with Crippen molar-refractivity contribution in [3.63, 3.8) is 0 Å². The third kappa shape index (κ3) is 3.51. The first-order valence-electron chi connectivity index (χ1n) is 10.4. The van der Waals surface area contributed by atoms with Crippen LogP contribution in [0.25, 0.3) is 22.3 Å². The van der Waals surface area contributed by atoms with Crippen molar-refractivity contribution in [3.05, 3.63) is 84.1 Å². The maximum atomic E-state index is 13.7. The summed E-state index contributed by atoms with van der Waals surface area (Å²) < 4.78 is 5.32. The molecule has 1 atom stereocenters. The van der Waals surface area contributed by atoms with Crippen LogP contribution in [0.2, 0.25) is 0 Å². The second-order valence-electron chi connectivity index (χ2n) is 7.95. The van der Waals surface area contributed by atoms with Gasteiger partial charge in [0.1, 0.15) is 17.4 Å². The monoisotopic (exact) mass is 425 g/mol. The molecule has 32 heavy (non-hydrogen) atoms. The largest absolute Gasteiger partial charge is 0.497 e. The maximum Gasteiger partial charge on any atom is 0.258 e. The molecule has 1 N–H and O–H groups in total. The second kappa shape index (κ2) is 7.92. The van der Waals surface area contributed by atoms with Crippen LogP contribution in [0.3, 0.4) is 0 Å². The number of aryl methyl sites for hydroxylation is 1. The molecule has 7 heteroatoms. The lowest BCUT2D eigenvalue weighted by Crippen LogP contribution is -2.32. The molecule has 7 nitrogen and oxygen atoms in total. The number of likely N-dealkylation sites (tertiary alicyclic amines) is 1. The highest BCUT2D eigenvalue weighted by atomic mass is 16.5. The molecule has 0 spiro atoms. The van der Waals surface area contributed by atoms with Crippen LogP contribution in [0, 0.1) is 6.92 Å². The predicted octanol–water partition coefficient (Wildman–Crippen LogP) is 4.48. The first-order valence-corrected chi connectivity index (χ1v) is 10.4. The Balaban J connectivity index is 1.54. The molecular weight excluding hydrogens is 402 g/mol. The fourth-order valence-electron chi connectivity index (χ4n) is 4.15. The molecule has 1 amide bonds. The molecule has 1 fully saturated rings. The highest BCUT2D eigenvalue weighted by Gasteiger charge is 2.36. The zero-order valence-electron chi connectivity index (χ0n) is 18.0. The molecule has 4 aromatic rings. The summed E-state index contributed by atoms with van der Waals surface area (Å²) in [6, 6.07) is 15.2. The van der Waals surface area contributed by atoms with E-state index in [0.29, 0.717) is 30.0 Å². The van der Waals surface area contributed by atoms with E-state index in [1.54, 1.807) is 18.2 Å².